The topological polar surface area (TPSA) is 66.8 Å². The number of nitrogens with zero attached hydrogens (tertiary/aromatic N) is 1. The molecule has 1 saturated heterocycles. The molecule has 5 nitrogen and oxygen atoms in total. The molecule has 2 atom stereocenters. The van der Waals surface area contributed by atoms with Gasteiger partial charge in [0.1, 0.15) is 11.9 Å². The van der Waals surface area contributed by atoms with E-state index >= 15 is 0 Å². The molecule has 1 aliphatic carbocycles. The Morgan fingerprint density at radius 3 is 2.52 bits per heavy atom. The molecule has 2 fully saturated rings. The summed E-state index contributed by atoms with van der Waals surface area (Å²) in [5, 5.41) is 9.35. The zero-order valence-corrected chi connectivity index (χ0v) is 12.8. The molecule has 124 valence electrons. The van der Waals surface area contributed by atoms with Crippen LogP contribution in [0.25, 0.3) is 0 Å². The fourth-order valence-corrected chi connectivity index (χ4v) is 3.08. The summed E-state index contributed by atoms with van der Waals surface area (Å²) < 4.78 is 18.6. The van der Waals surface area contributed by atoms with Crippen molar-refractivity contribution in [3.8, 4) is 0 Å². The molecule has 2 aliphatic rings. The number of benzene rings is 1. The van der Waals surface area contributed by atoms with Crippen molar-refractivity contribution in [3.05, 3.63) is 35.6 Å². The molecule has 1 aliphatic heterocycles. The Kier molecular flexibility index (Phi) is 4.61. The first-order valence-corrected chi connectivity index (χ1v) is 7.94. The predicted molar refractivity (Wildman–Crippen MR) is 80.1 cm³/mol. The van der Waals surface area contributed by atoms with Crippen LogP contribution in [0.4, 0.5) is 4.39 Å². The first-order chi connectivity index (χ1) is 11.0. The van der Waals surface area contributed by atoms with Gasteiger partial charge in [0.25, 0.3) is 0 Å². The number of likely N-dealkylation sites (tertiary alicyclic amines) is 1. The van der Waals surface area contributed by atoms with Crippen molar-refractivity contribution in [2.24, 2.45) is 5.92 Å². The third kappa shape index (κ3) is 3.52. The highest BCUT2D eigenvalue weighted by molar-refractivity contribution is 5.86. The maximum absolute atomic E-state index is 12.9. The van der Waals surface area contributed by atoms with Crippen LogP contribution in [0.2, 0.25) is 0 Å². The van der Waals surface area contributed by atoms with Gasteiger partial charge >= 0.3 is 5.97 Å². The van der Waals surface area contributed by atoms with E-state index in [-0.39, 0.29) is 30.4 Å². The Balaban J connectivity index is 1.59. The number of hydrogen-bond acceptors (Lipinski definition) is 3. The zero-order valence-electron chi connectivity index (χ0n) is 12.8. The summed E-state index contributed by atoms with van der Waals surface area (Å²) in [5.74, 6) is -1.37. The lowest BCUT2D eigenvalue weighted by atomic mass is 9.84. The molecule has 1 aromatic carbocycles. The third-order valence-corrected chi connectivity index (χ3v) is 4.68. The van der Waals surface area contributed by atoms with E-state index < -0.39 is 12.0 Å². The number of amides is 1. The van der Waals surface area contributed by atoms with Crippen LogP contribution >= 0.6 is 0 Å². The van der Waals surface area contributed by atoms with Crippen LogP contribution < -0.4 is 0 Å². The smallest absolute Gasteiger partial charge is 0.326 e. The number of halogens is 1. The quantitative estimate of drug-likeness (QED) is 0.903. The summed E-state index contributed by atoms with van der Waals surface area (Å²) >= 11 is 0. The molecule has 0 spiro atoms. The van der Waals surface area contributed by atoms with Crippen molar-refractivity contribution in [1.29, 1.82) is 0 Å². The van der Waals surface area contributed by atoms with Gasteiger partial charge in [-0.1, -0.05) is 18.6 Å². The molecule has 6 heteroatoms. The second-order valence-corrected chi connectivity index (χ2v) is 6.27. The highest BCUT2D eigenvalue weighted by Crippen LogP contribution is 2.32. The molecule has 3 rings (SSSR count). The van der Waals surface area contributed by atoms with Crippen molar-refractivity contribution in [1.82, 2.24) is 4.90 Å². The first kappa shape index (κ1) is 15.9. The second kappa shape index (κ2) is 6.66. The number of ether oxygens (including phenoxy) is 1. The molecule has 1 amide bonds. The Labute approximate surface area is 134 Å². The summed E-state index contributed by atoms with van der Waals surface area (Å²) in [6, 6.07) is 5.19. The number of carbonyl (C=O) groups excluding carboxylic acids is 1. The minimum atomic E-state index is -0.981. The lowest BCUT2D eigenvalue weighted by molar-refractivity contribution is -0.151. The van der Waals surface area contributed by atoms with Crippen LogP contribution in [0.15, 0.2) is 24.3 Å². The number of rotatable bonds is 5. The summed E-state index contributed by atoms with van der Waals surface area (Å²) in [4.78, 5) is 25.2. The second-order valence-electron chi connectivity index (χ2n) is 6.27. The van der Waals surface area contributed by atoms with E-state index in [1.54, 1.807) is 12.1 Å². The zero-order chi connectivity index (χ0) is 16.4. The number of aliphatic carboxylic acids is 1. The van der Waals surface area contributed by atoms with Crippen LogP contribution in [0, 0.1) is 11.7 Å². The van der Waals surface area contributed by atoms with Gasteiger partial charge in [-0.25, -0.2) is 9.18 Å². The normalized spacial score (nSPS) is 24.5. The van der Waals surface area contributed by atoms with Gasteiger partial charge in [-0.3, -0.25) is 4.79 Å². The summed E-state index contributed by atoms with van der Waals surface area (Å²) in [7, 11) is 0. The molecule has 1 aromatic rings. The molecular formula is C17H20FNO4. The van der Waals surface area contributed by atoms with Crippen molar-refractivity contribution in [3.63, 3.8) is 0 Å². The molecule has 1 saturated carbocycles. The van der Waals surface area contributed by atoms with Crippen LogP contribution in [-0.2, 0) is 20.9 Å². The monoisotopic (exact) mass is 321 g/mol. The van der Waals surface area contributed by atoms with E-state index in [1.165, 1.54) is 17.0 Å². The van der Waals surface area contributed by atoms with Crippen molar-refractivity contribution in [2.45, 2.75) is 44.4 Å². The number of hydrogen-bond donors (Lipinski definition) is 1. The van der Waals surface area contributed by atoms with E-state index in [2.05, 4.69) is 0 Å². The van der Waals surface area contributed by atoms with Crippen LogP contribution in [0.1, 0.15) is 31.2 Å². The van der Waals surface area contributed by atoms with E-state index in [0.717, 1.165) is 24.8 Å². The Hall–Kier alpha value is -1.95. The average molecular weight is 321 g/mol. The Morgan fingerprint density at radius 2 is 1.96 bits per heavy atom. The molecule has 0 bridgehead atoms. The number of carboxylic acid groups (broad SMARTS) is 1. The highest BCUT2D eigenvalue weighted by atomic mass is 19.1. The van der Waals surface area contributed by atoms with Crippen LogP contribution in [0.3, 0.4) is 0 Å². The van der Waals surface area contributed by atoms with Gasteiger partial charge in [0, 0.05) is 18.9 Å². The van der Waals surface area contributed by atoms with Gasteiger partial charge in [-0.05, 0) is 30.5 Å². The Morgan fingerprint density at radius 1 is 1.26 bits per heavy atom. The van der Waals surface area contributed by atoms with Crippen LogP contribution in [-0.4, -0.2) is 40.6 Å². The summed E-state index contributed by atoms with van der Waals surface area (Å²) in [5.41, 5.74) is 0.821. The highest BCUT2D eigenvalue weighted by Gasteiger charge is 2.43. The molecule has 1 heterocycles. The van der Waals surface area contributed by atoms with Gasteiger partial charge in [0.15, 0.2) is 0 Å². The maximum atomic E-state index is 12.9. The van der Waals surface area contributed by atoms with E-state index in [0.29, 0.717) is 13.0 Å². The number of carboxylic acids is 1. The van der Waals surface area contributed by atoms with Gasteiger partial charge in [-0.2, -0.15) is 0 Å². The van der Waals surface area contributed by atoms with E-state index in [9.17, 15) is 19.1 Å². The minimum absolute atomic E-state index is 0.0206. The molecule has 2 unspecified atom stereocenters. The van der Waals surface area contributed by atoms with Gasteiger partial charge in [0.05, 0.1) is 12.7 Å². The fourth-order valence-electron chi connectivity index (χ4n) is 3.08. The molecular weight excluding hydrogens is 301 g/mol. The van der Waals surface area contributed by atoms with Crippen molar-refractivity contribution >= 4 is 11.9 Å². The third-order valence-electron chi connectivity index (χ3n) is 4.68. The number of carbonyl (C=O) groups is 2. The summed E-state index contributed by atoms with van der Waals surface area (Å²) in [6.07, 6.45) is 2.73. The molecule has 0 aromatic heterocycles. The van der Waals surface area contributed by atoms with Gasteiger partial charge in [0.2, 0.25) is 5.91 Å². The lowest BCUT2D eigenvalue weighted by Gasteiger charge is -2.31. The van der Waals surface area contributed by atoms with E-state index in [1.807, 2.05) is 0 Å². The first-order valence-electron chi connectivity index (χ1n) is 7.94. The summed E-state index contributed by atoms with van der Waals surface area (Å²) in [6.45, 7) is 0.593. The van der Waals surface area contributed by atoms with Gasteiger partial charge in [-0.15, -0.1) is 0 Å². The molecule has 1 N–H and O–H groups in total. The maximum Gasteiger partial charge on any atom is 0.326 e. The Bertz CT molecular complexity index is 585. The minimum Gasteiger partial charge on any atom is -0.480 e. The van der Waals surface area contributed by atoms with Gasteiger partial charge < -0.3 is 14.7 Å². The van der Waals surface area contributed by atoms with Crippen LogP contribution in [0.5, 0.6) is 0 Å². The SMILES string of the molecule is O=C(O)C1CC(OCc2ccc(F)cc2)CN1C(=O)C1CCC1. The largest absolute Gasteiger partial charge is 0.480 e. The predicted octanol–water partition coefficient (Wildman–Crippen LogP) is 2.20. The van der Waals surface area contributed by atoms with Crippen molar-refractivity contribution < 1.29 is 23.8 Å². The van der Waals surface area contributed by atoms with Crippen molar-refractivity contribution in [2.75, 3.05) is 6.54 Å². The van der Waals surface area contributed by atoms with E-state index in [4.69, 9.17) is 4.74 Å². The average Bonchev–Trinajstić information content (AvgIpc) is 2.89. The lowest BCUT2D eigenvalue weighted by Crippen LogP contribution is -2.45. The molecule has 23 heavy (non-hydrogen) atoms. The molecule has 0 radical (unpaired) electrons. The fraction of sp³-hybridized carbons (Fsp3) is 0.529. The standard InChI is InChI=1S/C17H20FNO4/c18-13-6-4-11(5-7-13)10-23-14-8-15(17(21)22)19(9-14)16(20)12-2-1-3-12/h4-7,12,14-15H,1-3,8-10H2,(H,21,22).